The molecule has 1 N–H and O–H groups in total. The quantitative estimate of drug-likeness (QED) is 0.755. The number of carbonyl (C=O) groups is 2. The van der Waals surface area contributed by atoms with Gasteiger partial charge < -0.3 is 24.4 Å². The van der Waals surface area contributed by atoms with Crippen LogP contribution in [-0.2, 0) is 14.3 Å². The number of carbonyl (C=O) groups excluding carboxylic acids is 1. The number of aliphatic carboxylic acids is 1. The maximum absolute atomic E-state index is 12.7. The lowest BCUT2D eigenvalue weighted by Gasteiger charge is -2.36. The molecule has 7 nitrogen and oxygen atoms in total. The molecule has 0 aromatic carbocycles. The van der Waals surface area contributed by atoms with E-state index in [2.05, 4.69) is 0 Å². The molecule has 2 unspecified atom stereocenters. The molecule has 1 aliphatic heterocycles. The molecule has 1 fully saturated rings. The van der Waals surface area contributed by atoms with Gasteiger partial charge in [-0.1, -0.05) is 0 Å². The Labute approximate surface area is 125 Å². The lowest BCUT2D eigenvalue weighted by molar-refractivity contribution is -0.142. The van der Waals surface area contributed by atoms with Crippen LogP contribution in [0.1, 0.15) is 20.8 Å². The van der Waals surface area contributed by atoms with E-state index in [1.807, 2.05) is 20.8 Å². The fourth-order valence-electron chi connectivity index (χ4n) is 2.53. The molecule has 1 rings (SSSR count). The molecule has 122 valence electrons. The number of likely N-dealkylation sites (N-methyl/N-ethyl adjacent to an activating group) is 1. The summed E-state index contributed by atoms with van der Waals surface area (Å²) in [5.74, 6) is -1.58. The maximum atomic E-state index is 12.7. The highest BCUT2D eigenvalue weighted by molar-refractivity contribution is 5.77. The van der Waals surface area contributed by atoms with E-state index in [0.29, 0.717) is 19.7 Å². The van der Waals surface area contributed by atoms with Gasteiger partial charge >= 0.3 is 12.0 Å². The molecular formula is C14H26N2O5. The van der Waals surface area contributed by atoms with Gasteiger partial charge in [-0.25, -0.2) is 4.79 Å². The molecule has 0 aromatic heterocycles. The molecule has 21 heavy (non-hydrogen) atoms. The van der Waals surface area contributed by atoms with Crippen LogP contribution in [0.3, 0.4) is 0 Å². The van der Waals surface area contributed by atoms with Crippen LogP contribution in [0.5, 0.6) is 0 Å². The molecule has 0 radical (unpaired) electrons. The number of hydrogen-bond donors (Lipinski definition) is 1. The van der Waals surface area contributed by atoms with E-state index < -0.39 is 17.9 Å². The van der Waals surface area contributed by atoms with E-state index in [4.69, 9.17) is 9.47 Å². The van der Waals surface area contributed by atoms with Gasteiger partial charge in [-0.3, -0.25) is 4.79 Å². The molecule has 2 amide bonds. The molecule has 7 heteroatoms. The summed E-state index contributed by atoms with van der Waals surface area (Å²) in [5.41, 5.74) is 0. The van der Waals surface area contributed by atoms with E-state index in [0.717, 1.165) is 0 Å². The smallest absolute Gasteiger partial charge is 0.320 e. The summed E-state index contributed by atoms with van der Waals surface area (Å²) in [6.07, 6.45) is 0. The predicted octanol–water partition coefficient (Wildman–Crippen LogP) is 0.885. The van der Waals surface area contributed by atoms with Crippen LogP contribution in [0.2, 0.25) is 0 Å². The van der Waals surface area contributed by atoms with Crippen molar-refractivity contribution in [1.29, 1.82) is 0 Å². The lowest BCUT2D eigenvalue weighted by Crippen LogP contribution is -2.54. The molecular weight excluding hydrogens is 276 g/mol. The van der Waals surface area contributed by atoms with E-state index in [9.17, 15) is 14.7 Å². The number of carboxylic acids is 1. The van der Waals surface area contributed by atoms with Gasteiger partial charge in [0.2, 0.25) is 0 Å². The monoisotopic (exact) mass is 302 g/mol. The second kappa shape index (κ2) is 8.19. The number of ether oxygens (including phenoxy) is 2. The van der Waals surface area contributed by atoms with E-state index >= 15 is 0 Å². The lowest BCUT2D eigenvalue weighted by atomic mass is 10.0. The van der Waals surface area contributed by atoms with Crippen LogP contribution in [0.25, 0.3) is 0 Å². The Bertz CT molecular complexity index is 361. The Hall–Kier alpha value is -1.34. The Morgan fingerprint density at radius 3 is 2.52 bits per heavy atom. The van der Waals surface area contributed by atoms with Crippen molar-refractivity contribution >= 4 is 12.0 Å². The van der Waals surface area contributed by atoms with Crippen molar-refractivity contribution in [3.8, 4) is 0 Å². The second-order valence-corrected chi connectivity index (χ2v) is 5.40. The Kier molecular flexibility index (Phi) is 6.91. The Morgan fingerprint density at radius 1 is 1.38 bits per heavy atom. The maximum Gasteiger partial charge on any atom is 0.320 e. The number of nitrogens with zero attached hydrogens (tertiary/aromatic N) is 2. The minimum Gasteiger partial charge on any atom is -0.481 e. The van der Waals surface area contributed by atoms with Crippen LogP contribution in [0.15, 0.2) is 0 Å². The zero-order valence-electron chi connectivity index (χ0n) is 13.2. The van der Waals surface area contributed by atoms with Crippen molar-refractivity contribution in [1.82, 2.24) is 9.80 Å². The summed E-state index contributed by atoms with van der Waals surface area (Å²) in [5, 5.41) is 9.25. The number of urea groups is 1. The van der Waals surface area contributed by atoms with Crippen LogP contribution in [0, 0.1) is 5.92 Å². The minimum atomic E-state index is -0.920. The Morgan fingerprint density at radius 2 is 2.05 bits per heavy atom. The highest BCUT2D eigenvalue weighted by Crippen LogP contribution is 2.22. The van der Waals surface area contributed by atoms with E-state index in [1.54, 1.807) is 16.9 Å². The molecule has 0 saturated carbocycles. The van der Waals surface area contributed by atoms with Gasteiger partial charge in [0.25, 0.3) is 0 Å². The molecule has 0 bridgehead atoms. The summed E-state index contributed by atoms with van der Waals surface area (Å²) in [6, 6.07) is -0.553. The predicted molar refractivity (Wildman–Crippen MR) is 77.2 cm³/mol. The number of amides is 2. The van der Waals surface area contributed by atoms with Crippen molar-refractivity contribution < 1.29 is 24.2 Å². The zero-order chi connectivity index (χ0) is 16.0. The van der Waals surface area contributed by atoms with Gasteiger partial charge in [0.1, 0.15) is 5.92 Å². The number of rotatable bonds is 7. The second-order valence-electron chi connectivity index (χ2n) is 5.40. The third-order valence-electron chi connectivity index (χ3n) is 3.76. The molecule has 1 aliphatic rings. The summed E-state index contributed by atoms with van der Waals surface area (Å²) in [6.45, 7) is 7.52. The average Bonchev–Trinajstić information content (AvgIpc) is 2.89. The molecule has 0 aromatic rings. The molecule has 0 spiro atoms. The highest BCUT2D eigenvalue weighted by Gasteiger charge is 2.40. The van der Waals surface area contributed by atoms with E-state index in [1.165, 1.54) is 0 Å². The van der Waals surface area contributed by atoms with Crippen molar-refractivity contribution in [3.05, 3.63) is 0 Å². The van der Waals surface area contributed by atoms with Crippen molar-refractivity contribution in [3.63, 3.8) is 0 Å². The first kappa shape index (κ1) is 17.7. The molecule has 1 heterocycles. The summed E-state index contributed by atoms with van der Waals surface area (Å²) in [4.78, 5) is 27.3. The van der Waals surface area contributed by atoms with Crippen LogP contribution >= 0.6 is 0 Å². The number of carboxylic acid groups (broad SMARTS) is 1. The highest BCUT2D eigenvalue weighted by atomic mass is 16.5. The van der Waals surface area contributed by atoms with Gasteiger partial charge in [0.05, 0.1) is 25.9 Å². The van der Waals surface area contributed by atoms with Gasteiger partial charge in [-0.05, 0) is 20.8 Å². The minimum absolute atomic E-state index is 0.0206. The van der Waals surface area contributed by atoms with Gasteiger partial charge in [-0.15, -0.1) is 0 Å². The number of hydrogen-bond acceptors (Lipinski definition) is 4. The average molecular weight is 302 g/mol. The van der Waals surface area contributed by atoms with Gasteiger partial charge in [-0.2, -0.15) is 0 Å². The SMILES string of the molecule is CCN(C(=O)N(CCOC)C(C)C)C1COCC1C(=O)O. The number of methoxy groups -OCH3 is 1. The Balaban J connectivity index is 2.85. The third-order valence-corrected chi connectivity index (χ3v) is 3.76. The first-order valence-corrected chi connectivity index (χ1v) is 7.30. The van der Waals surface area contributed by atoms with Crippen LogP contribution in [-0.4, -0.2) is 79.0 Å². The third kappa shape index (κ3) is 4.31. The summed E-state index contributed by atoms with van der Waals surface area (Å²) >= 11 is 0. The van der Waals surface area contributed by atoms with Crippen molar-refractivity contribution in [2.24, 2.45) is 5.92 Å². The standard InChI is InChI=1S/C14H26N2O5/c1-5-15(12-9-21-8-11(12)13(17)18)14(19)16(10(2)3)6-7-20-4/h10-12H,5-9H2,1-4H3,(H,17,18). The molecule has 2 atom stereocenters. The first-order valence-electron chi connectivity index (χ1n) is 7.30. The fourth-order valence-corrected chi connectivity index (χ4v) is 2.53. The van der Waals surface area contributed by atoms with Gasteiger partial charge in [0, 0.05) is 26.2 Å². The van der Waals surface area contributed by atoms with Gasteiger partial charge in [0.15, 0.2) is 0 Å². The first-order chi connectivity index (χ1) is 9.93. The van der Waals surface area contributed by atoms with E-state index in [-0.39, 0.29) is 25.3 Å². The van der Waals surface area contributed by atoms with Crippen LogP contribution in [0.4, 0.5) is 4.79 Å². The topological polar surface area (TPSA) is 79.3 Å². The van der Waals surface area contributed by atoms with Crippen LogP contribution < -0.4 is 0 Å². The fraction of sp³-hybridized carbons (Fsp3) is 0.857. The zero-order valence-corrected chi connectivity index (χ0v) is 13.2. The molecule has 1 saturated heterocycles. The summed E-state index contributed by atoms with van der Waals surface area (Å²) in [7, 11) is 1.59. The molecule has 0 aliphatic carbocycles. The largest absolute Gasteiger partial charge is 0.481 e. The van der Waals surface area contributed by atoms with Crippen molar-refractivity contribution in [2.75, 3.05) is 40.0 Å². The normalized spacial score (nSPS) is 21.6. The van der Waals surface area contributed by atoms with Crippen molar-refractivity contribution in [2.45, 2.75) is 32.9 Å². The summed E-state index contributed by atoms with van der Waals surface area (Å²) < 4.78 is 10.3.